The molecule has 0 saturated heterocycles. The minimum atomic E-state index is -3.73. The van der Waals surface area contributed by atoms with Gasteiger partial charge in [-0.1, -0.05) is 35.6 Å². The first-order valence-corrected chi connectivity index (χ1v) is 11.7. The molecule has 6 nitrogen and oxygen atoms in total. The molecule has 0 aliphatic rings. The average Bonchev–Trinajstić information content (AvgIpc) is 3.06. The van der Waals surface area contributed by atoms with E-state index in [1.807, 2.05) is 0 Å². The number of rotatable bonds is 7. The predicted molar refractivity (Wildman–Crippen MR) is 118 cm³/mol. The summed E-state index contributed by atoms with van der Waals surface area (Å²) in [7, 11) is -2.08. The molecule has 0 aliphatic carbocycles. The minimum Gasteiger partial charge on any atom is -0.489 e. The van der Waals surface area contributed by atoms with Gasteiger partial charge in [0.1, 0.15) is 18.2 Å². The van der Waals surface area contributed by atoms with Crippen molar-refractivity contribution in [2.75, 3.05) is 0 Å². The Balaban J connectivity index is 1.39. The van der Waals surface area contributed by atoms with E-state index in [1.54, 1.807) is 49.5 Å². The van der Waals surface area contributed by atoms with Crippen LogP contribution < -0.4 is 14.3 Å². The molecule has 0 amide bonds. The molecule has 1 N–H and O–H groups in total. The zero-order chi connectivity index (χ0) is 22.0. The first kappa shape index (κ1) is 21.2. The maximum Gasteiger partial charge on any atom is 0.307 e. The summed E-state index contributed by atoms with van der Waals surface area (Å²) in [5, 5.41) is 0. The van der Waals surface area contributed by atoms with Crippen LogP contribution in [0.25, 0.3) is 10.2 Å². The second-order valence-corrected chi connectivity index (χ2v) is 9.70. The standard InChI is InChI=1S/C22H19FN2O4S2/c1-25-20-11-10-19(12-21(20)30-22(25)26)31(27,28)24-13-15-4-8-18(9-5-15)29-14-16-2-6-17(23)7-3-16/h2-12,24H,13-14H2,1H3. The lowest BCUT2D eigenvalue weighted by Gasteiger charge is -2.09. The quantitative estimate of drug-likeness (QED) is 0.457. The van der Waals surface area contributed by atoms with E-state index in [0.29, 0.717) is 22.6 Å². The van der Waals surface area contributed by atoms with Crippen LogP contribution in [0.2, 0.25) is 0 Å². The monoisotopic (exact) mass is 458 g/mol. The number of fused-ring (bicyclic) bond motifs is 1. The third-order valence-corrected chi connectivity index (χ3v) is 7.18. The lowest BCUT2D eigenvalue weighted by Crippen LogP contribution is -2.23. The van der Waals surface area contributed by atoms with Gasteiger partial charge in [0.25, 0.3) is 0 Å². The Labute approximate surface area is 182 Å². The molecule has 1 aromatic heterocycles. The fourth-order valence-corrected chi connectivity index (χ4v) is 5.03. The number of nitrogens with one attached hydrogen (secondary N) is 1. The van der Waals surface area contributed by atoms with Crippen molar-refractivity contribution < 1.29 is 17.5 Å². The smallest absolute Gasteiger partial charge is 0.307 e. The van der Waals surface area contributed by atoms with Crippen molar-refractivity contribution in [3.05, 3.63) is 93.3 Å². The molecular weight excluding hydrogens is 439 g/mol. The summed E-state index contributed by atoms with van der Waals surface area (Å²) in [6, 6.07) is 17.8. The van der Waals surface area contributed by atoms with Crippen LogP contribution in [0.1, 0.15) is 11.1 Å². The van der Waals surface area contributed by atoms with Crippen molar-refractivity contribution in [3.63, 3.8) is 0 Å². The number of aryl methyl sites for hydroxylation is 1. The van der Waals surface area contributed by atoms with Crippen molar-refractivity contribution in [3.8, 4) is 5.75 Å². The van der Waals surface area contributed by atoms with Crippen molar-refractivity contribution >= 4 is 31.6 Å². The van der Waals surface area contributed by atoms with Crippen molar-refractivity contribution in [1.82, 2.24) is 9.29 Å². The van der Waals surface area contributed by atoms with Crippen LogP contribution in [0, 0.1) is 5.82 Å². The van der Waals surface area contributed by atoms with Gasteiger partial charge in [0.2, 0.25) is 10.0 Å². The first-order valence-electron chi connectivity index (χ1n) is 9.37. The normalized spacial score (nSPS) is 11.7. The fourth-order valence-electron chi connectivity index (χ4n) is 2.99. The molecule has 0 saturated carbocycles. The molecule has 0 fully saturated rings. The van der Waals surface area contributed by atoms with E-state index in [-0.39, 0.29) is 22.1 Å². The maximum atomic E-state index is 12.9. The lowest BCUT2D eigenvalue weighted by molar-refractivity contribution is 0.306. The molecule has 9 heteroatoms. The van der Waals surface area contributed by atoms with Gasteiger partial charge in [0, 0.05) is 13.6 Å². The number of thiazole rings is 1. The van der Waals surface area contributed by atoms with Gasteiger partial charge in [-0.3, -0.25) is 4.79 Å². The molecule has 0 atom stereocenters. The highest BCUT2D eigenvalue weighted by Crippen LogP contribution is 2.21. The molecule has 4 aromatic rings. The second-order valence-electron chi connectivity index (χ2n) is 6.94. The van der Waals surface area contributed by atoms with Gasteiger partial charge in [-0.2, -0.15) is 0 Å². The number of hydrogen-bond donors (Lipinski definition) is 1. The Kier molecular flexibility index (Phi) is 5.90. The fraction of sp³-hybridized carbons (Fsp3) is 0.136. The molecular formula is C22H19FN2O4S2. The van der Waals surface area contributed by atoms with E-state index >= 15 is 0 Å². The third kappa shape index (κ3) is 4.84. The van der Waals surface area contributed by atoms with Crippen LogP contribution in [-0.2, 0) is 30.2 Å². The Morgan fingerprint density at radius 1 is 1.00 bits per heavy atom. The van der Waals surface area contributed by atoms with Crippen LogP contribution in [0.5, 0.6) is 5.75 Å². The Morgan fingerprint density at radius 2 is 1.68 bits per heavy atom. The lowest BCUT2D eigenvalue weighted by atomic mass is 10.2. The number of ether oxygens (including phenoxy) is 1. The third-order valence-electron chi connectivity index (χ3n) is 4.78. The molecule has 0 unspecified atom stereocenters. The average molecular weight is 459 g/mol. The van der Waals surface area contributed by atoms with Gasteiger partial charge in [-0.25, -0.2) is 17.5 Å². The highest BCUT2D eigenvalue weighted by atomic mass is 32.2. The SMILES string of the molecule is Cn1c(=O)sc2cc(S(=O)(=O)NCc3ccc(OCc4ccc(F)cc4)cc3)ccc21. The zero-order valence-electron chi connectivity index (χ0n) is 16.5. The maximum absolute atomic E-state index is 12.9. The topological polar surface area (TPSA) is 77.4 Å². The van der Waals surface area contributed by atoms with E-state index < -0.39 is 10.0 Å². The van der Waals surface area contributed by atoms with Crippen LogP contribution in [-0.4, -0.2) is 13.0 Å². The summed E-state index contributed by atoms with van der Waals surface area (Å²) in [6.45, 7) is 0.421. The molecule has 0 aliphatic heterocycles. The number of halogens is 1. The van der Waals surface area contributed by atoms with Gasteiger partial charge in [-0.05, 0) is 53.6 Å². The second kappa shape index (κ2) is 8.62. The molecule has 160 valence electrons. The molecule has 31 heavy (non-hydrogen) atoms. The molecule has 1 heterocycles. The summed E-state index contributed by atoms with van der Waals surface area (Å²) in [5.41, 5.74) is 2.31. The molecule has 0 radical (unpaired) electrons. The van der Waals surface area contributed by atoms with Crippen LogP contribution in [0.4, 0.5) is 4.39 Å². The van der Waals surface area contributed by atoms with Gasteiger partial charge in [0.05, 0.1) is 15.1 Å². The van der Waals surface area contributed by atoms with E-state index in [9.17, 15) is 17.6 Å². The van der Waals surface area contributed by atoms with Crippen molar-refractivity contribution in [2.24, 2.45) is 7.05 Å². The zero-order valence-corrected chi connectivity index (χ0v) is 18.2. The summed E-state index contributed by atoms with van der Waals surface area (Å²) in [4.78, 5) is 11.7. The van der Waals surface area contributed by atoms with Crippen molar-refractivity contribution in [1.29, 1.82) is 0 Å². The van der Waals surface area contributed by atoms with Gasteiger partial charge in [0.15, 0.2) is 0 Å². The Morgan fingerprint density at radius 3 is 2.39 bits per heavy atom. The largest absolute Gasteiger partial charge is 0.489 e. The molecule has 4 rings (SSSR count). The van der Waals surface area contributed by atoms with Crippen molar-refractivity contribution in [2.45, 2.75) is 18.0 Å². The van der Waals surface area contributed by atoms with E-state index in [2.05, 4.69) is 4.72 Å². The molecule has 3 aromatic carbocycles. The van der Waals surface area contributed by atoms with Gasteiger partial charge in [-0.15, -0.1) is 0 Å². The highest BCUT2D eigenvalue weighted by molar-refractivity contribution is 7.89. The highest BCUT2D eigenvalue weighted by Gasteiger charge is 2.16. The molecule has 0 spiro atoms. The molecule has 0 bridgehead atoms. The van der Waals surface area contributed by atoms with E-state index in [0.717, 1.165) is 22.5 Å². The number of hydrogen-bond acceptors (Lipinski definition) is 5. The minimum absolute atomic E-state index is 0.112. The number of nitrogens with zero attached hydrogens (tertiary/aromatic N) is 1. The predicted octanol–water partition coefficient (Wildman–Crippen LogP) is 3.80. The number of sulfonamides is 1. The Hall–Kier alpha value is -3.01. The van der Waals surface area contributed by atoms with Gasteiger partial charge < -0.3 is 9.30 Å². The van der Waals surface area contributed by atoms with E-state index in [1.165, 1.54) is 28.8 Å². The first-order chi connectivity index (χ1) is 14.8. The summed E-state index contributed by atoms with van der Waals surface area (Å²) < 4.78 is 48.6. The summed E-state index contributed by atoms with van der Waals surface area (Å²) in [5.74, 6) is 0.329. The number of benzene rings is 3. The van der Waals surface area contributed by atoms with Gasteiger partial charge >= 0.3 is 4.87 Å². The summed E-state index contributed by atoms with van der Waals surface area (Å²) in [6.07, 6.45) is 0. The summed E-state index contributed by atoms with van der Waals surface area (Å²) >= 11 is 1.01. The van der Waals surface area contributed by atoms with E-state index in [4.69, 9.17) is 4.74 Å². The van der Waals surface area contributed by atoms with Crippen LogP contribution in [0.3, 0.4) is 0 Å². The van der Waals surface area contributed by atoms with Crippen LogP contribution in [0.15, 0.2) is 76.4 Å². The Bertz CT molecular complexity index is 1380. The number of aromatic nitrogens is 1. The van der Waals surface area contributed by atoms with Crippen LogP contribution >= 0.6 is 11.3 Å².